The molecule has 0 saturated heterocycles. The molecule has 0 aliphatic heterocycles. The van der Waals surface area contributed by atoms with Crippen LogP contribution in [0.4, 0.5) is 5.69 Å². The van der Waals surface area contributed by atoms with E-state index in [1.807, 2.05) is 68.4 Å². The molecule has 3 rings (SSSR count). The number of anilines is 1. The quantitative estimate of drug-likeness (QED) is 0.317. The monoisotopic (exact) mass is 585 g/mol. The fourth-order valence-corrected chi connectivity index (χ4v) is 5.41. The van der Waals surface area contributed by atoms with Crippen LogP contribution in [0.3, 0.4) is 0 Å². The molecule has 0 radical (unpaired) electrons. The van der Waals surface area contributed by atoms with E-state index in [2.05, 4.69) is 5.32 Å². The van der Waals surface area contributed by atoms with E-state index < -0.39 is 28.5 Å². The summed E-state index contributed by atoms with van der Waals surface area (Å²) in [7, 11) is -2.44. The van der Waals surface area contributed by atoms with Gasteiger partial charge in [-0.05, 0) is 48.2 Å². The van der Waals surface area contributed by atoms with Crippen LogP contribution < -0.4 is 14.4 Å². The maximum atomic E-state index is 14.1. The van der Waals surface area contributed by atoms with Gasteiger partial charge >= 0.3 is 0 Å². The molecule has 0 unspecified atom stereocenters. The molecule has 1 atom stereocenters. The van der Waals surface area contributed by atoms with Crippen molar-refractivity contribution in [3.8, 4) is 5.75 Å². The number of carbonyl (C=O) groups excluding carboxylic acids is 2. The molecule has 3 aromatic carbocycles. The van der Waals surface area contributed by atoms with Gasteiger partial charge in [0.05, 0.1) is 24.1 Å². The summed E-state index contributed by atoms with van der Waals surface area (Å²) in [6, 6.07) is 20.7. The summed E-state index contributed by atoms with van der Waals surface area (Å²) < 4.78 is 32.0. The van der Waals surface area contributed by atoms with E-state index in [0.29, 0.717) is 12.3 Å². The Hall–Kier alpha value is -3.56. The van der Waals surface area contributed by atoms with Crippen molar-refractivity contribution in [2.45, 2.75) is 39.3 Å². The number of methoxy groups -OCH3 is 1. The highest BCUT2D eigenvalue weighted by Crippen LogP contribution is 2.30. The summed E-state index contributed by atoms with van der Waals surface area (Å²) in [6.07, 6.45) is 2.02. The van der Waals surface area contributed by atoms with E-state index in [4.69, 9.17) is 16.3 Å². The van der Waals surface area contributed by atoms with E-state index in [-0.39, 0.29) is 29.6 Å². The molecule has 10 heteroatoms. The molecule has 0 spiro atoms. The van der Waals surface area contributed by atoms with Gasteiger partial charge in [0.2, 0.25) is 21.8 Å². The van der Waals surface area contributed by atoms with Gasteiger partial charge in [0.25, 0.3) is 0 Å². The van der Waals surface area contributed by atoms with Crippen LogP contribution >= 0.6 is 11.6 Å². The Bertz CT molecular complexity index is 1420. The van der Waals surface area contributed by atoms with Gasteiger partial charge in [0.1, 0.15) is 18.3 Å². The molecule has 1 N–H and O–H groups in total. The zero-order valence-corrected chi connectivity index (χ0v) is 24.8. The molecular formula is C30H36ClN3O5S. The first kappa shape index (κ1) is 31.0. The first-order valence-corrected chi connectivity index (χ1v) is 15.2. The Morgan fingerprint density at radius 3 is 2.30 bits per heavy atom. The largest absolute Gasteiger partial charge is 0.495 e. The lowest BCUT2D eigenvalue weighted by Gasteiger charge is -2.34. The minimum Gasteiger partial charge on any atom is -0.495 e. The van der Waals surface area contributed by atoms with E-state index >= 15 is 0 Å². The van der Waals surface area contributed by atoms with Gasteiger partial charge < -0.3 is 15.0 Å². The van der Waals surface area contributed by atoms with Crippen LogP contribution in [0.15, 0.2) is 72.8 Å². The van der Waals surface area contributed by atoms with Gasteiger partial charge in [-0.2, -0.15) is 0 Å². The number of carbonyl (C=O) groups is 2. The van der Waals surface area contributed by atoms with Gasteiger partial charge in [-0.3, -0.25) is 13.9 Å². The van der Waals surface area contributed by atoms with E-state index in [0.717, 1.165) is 33.7 Å². The number of hydrogen-bond acceptors (Lipinski definition) is 5. The molecule has 40 heavy (non-hydrogen) atoms. The van der Waals surface area contributed by atoms with Gasteiger partial charge in [-0.15, -0.1) is 0 Å². The highest BCUT2D eigenvalue weighted by atomic mass is 35.5. The Morgan fingerprint density at radius 2 is 1.70 bits per heavy atom. The zero-order valence-electron chi connectivity index (χ0n) is 23.3. The van der Waals surface area contributed by atoms with Crippen molar-refractivity contribution >= 4 is 39.1 Å². The summed E-state index contributed by atoms with van der Waals surface area (Å²) in [5.74, 6) is -0.443. The number of sulfonamides is 1. The third-order valence-corrected chi connectivity index (χ3v) is 7.96. The number of aryl methyl sites for hydroxylation is 1. The van der Waals surface area contributed by atoms with Crippen LogP contribution in [0.2, 0.25) is 5.02 Å². The molecule has 0 fully saturated rings. The van der Waals surface area contributed by atoms with Gasteiger partial charge in [-0.1, -0.05) is 73.1 Å². The fraction of sp³-hybridized carbons (Fsp3) is 0.333. The highest BCUT2D eigenvalue weighted by Gasteiger charge is 2.33. The third-order valence-electron chi connectivity index (χ3n) is 6.52. The van der Waals surface area contributed by atoms with E-state index in [1.54, 1.807) is 6.07 Å². The lowest BCUT2D eigenvalue weighted by molar-refractivity contribution is -0.140. The highest BCUT2D eigenvalue weighted by molar-refractivity contribution is 7.92. The number of rotatable bonds is 13. The van der Waals surface area contributed by atoms with Crippen molar-refractivity contribution < 1.29 is 22.7 Å². The van der Waals surface area contributed by atoms with Gasteiger partial charge in [-0.25, -0.2) is 8.42 Å². The second-order valence-corrected chi connectivity index (χ2v) is 11.8. The van der Waals surface area contributed by atoms with Crippen molar-refractivity contribution in [2.24, 2.45) is 0 Å². The molecule has 8 nitrogen and oxygen atoms in total. The summed E-state index contributed by atoms with van der Waals surface area (Å²) in [6.45, 7) is 3.95. The number of hydrogen-bond donors (Lipinski definition) is 1. The summed E-state index contributed by atoms with van der Waals surface area (Å²) in [4.78, 5) is 29.1. The Labute approximate surface area is 241 Å². The normalized spacial score (nSPS) is 11.9. The topological polar surface area (TPSA) is 96.0 Å². The molecule has 0 saturated carbocycles. The Kier molecular flexibility index (Phi) is 11.0. The molecule has 0 aliphatic rings. The van der Waals surface area contributed by atoms with Crippen LogP contribution in [0.5, 0.6) is 5.75 Å². The van der Waals surface area contributed by atoms with E-state index in [1.165, 1.54) is 24.1 Å². The summed E-state index contributed by atoms with van der Waals surface area (Å²) >= 11 is 6.28. The fourth-order valence-electron chi connectivity index (χ4n) is 4.32. The maximum absolute atomic E-state index is 14.1. The van der Waals surface area contributed by atoms with Gasteiger partial charge in [0, 0.05) is 19.5 Å². The molecule has 2 amide bonds. The summed E-state index contributed by atoms with van der Waals surface area (Å²) in [5.41, 5.74) is 2.90. The zero-order chi connectivity index (χ0) is 29.3. The maximum Gasteiger partial charge on any atom is 0.244 e. The number of amides is 2. The lowest BCUT2D eigenvalue weighted by atomic mass is 10.0. The van der Waals surface area contributed by atoms with Crippen molar-refractivity contribution in [3.05, 3.63) is 94.5 Å². The van der Waals surface area contributed by atoms with Crippen LogP contribution in [-0.2, 0) is 32.6 Å². The van der Waals surface area contributed by atoms with Crippen molar-refractivity contribution in [1.29, 1.82) is 0 Å². The predicted molar refractivity (Wildman–Crippen MR) is 159 cm³/mol. The molecule has 0 bridgehead atoms. The summed E-state index contributed by atoms with van der Waals surface area (Å²) in [5, 5.41) is 3.13. The SMILES string of the molecule is CCCNC(=O)[C@H](Cc1ccccc1)N(Cc1ccccc1C)C(=O)CN(c1ccc(OC)c(Cl)c1)S(C)(=O)=O. The predicted octanol–water partition coefficient (Wildman–Crippen LogP) is 4.59. The van der Waals surface area contributed by atoms with Crippen molar-refractivity contribution in [2.75, 3.05) is 30.8 Å². The first-order valence-electron chi connectivity index (χ1n) is 13.0. The van der Waals surface area contributed by atoms with Crippen LogP contribution in [0.25, 0.3) is 0 Å². The molecule has 0 aromatic heterocycles. The standard InChI is InChI=1S/C30H36ClN3O5S/c1-5-17-32-30(36)27(18-23-12-7-6-8-13-23)33(20-24-14-10-9-11-22(24)2)29(35)21-34(40(4,37)38)25-15-16-28(39-3)26(31)19-25/h6-16,19,27H,5,17-18,20-21H2,1-4H3,(H,32,36)/t27-/m0/s1. The molecule has 0 heterocycles. The number of benzene rings is 3. The van der Waals surface area contributed by atoms with Crippen molar-refractivity contribution in [1.82, 2.24) is 10.2 Å². The van der Waals surface area contributed by atoms with Crippen LogP contribution in [0.1, 0.15) is 30.0 Å². The van der Waals surface area contributed by atoms with E-state index in [9.17, 15) is 18.0 Å². The average molecular weight is 586 g/mol. The van der Waals surface area contributed by atoms with Gasteiger partial charge in [0.15, 0.2) is 0 Å². The first-order chi connectivity index (χ1) is 19.0. The average Bonchev–Trinajstić information content (AvgIpc) is 2.93. The molecule has 214 valence electrons. The van der Waals surface area contributed by atoms with Crippen LogP contribution in [-0.4, -0.2) is 57.6 Å². The minimum absolute atomic E-state index is 0.128. The number of ether oxygens (including phenoxy) is 1. The smallest absolute Gasteiger partial charge is 0.244 e. The van der Waals surface area contributed by atoms with Crippen LogP contribution in [0, 0.1) is 6.92 Å². The number of halogens is 1. The Morgan fingerprint density at radius 1 is 1.02 bits per heavy atom. The molecule has 3 aromatic rings. The minimum atomic E-state index is -3.90. The molecule has 0 aliphatic carbocycles. The third kappa shape index (κ3) is 8.22. The second-order valence-electron chi connectivity index (χ2n) is 9.53. The number of nitrogens with zero attached hydrogens (tertiary/aromatic N) is 2. The second kappa shape index (κ2) is 14.2. The molecular weight excluding hydrogens is 550 g/mol. The van der Waals surface area contributed by atoms with Crippen molar-refractivity contribution in [3.63, 3.8) is 0 Å². The lowest BCUT2D eigenvalue weighted by Crippen LogP contribution is -2.53. The Balaban J connectivity index is 2.06. The number of nitrogens with one attached hydrogen (secondary N) is 1.